The van der Waals surface area contributed by atoms with E-state index >= 15 is 0 Å². The lowest BCUT2D eigenvalue weighted by Gasteiger charge is -2.21. The van der Waals surface area contributed by atoms with Gasteiger partial charge in [-0.05, 0) is 86.1 Å². The smallest absolute Gasteiger partial charge is 0.265 e. The second-order valence-electron chi connectivity index (χ2n) is 6.60. The molecule has 0 saturated carbocycles. The van der Waals surface area contributed by atoms with Crippen LogP contribution in [0.15, 0.2) is 36.4 Å². The number of rotatable bonds is 5. The van der Waals surface area contributed by atoms with Crippen molar-refractivity contribution in [1.29, 1.82) is 0 Å². The summed E-state index contributed by atoms with van der Waals surface area (Å²) in [7, 11) is 0. The van der Waals surface area contributed by atoms with Crippen molar-refractivity contribution in [3.05, 3.63) is 58.1 Å². The number of aryl methyl sites for hydroxylation is 3. The Balaban J connectivity index is 1.70. The van der Waals surface area contributed by atoms with Crippen molar-refractivity contribution in [2.45, 2.75) is 52.1 Å². The van der Waals surface area contributed by atoms with Gasteiger partial charge in [-0.3, -0.25) is 4.79 Å². The van der Waals surface area contributed by atoms with E-state index in [1.165, 1.54) is 24.0 Å². The van der Waals surface area contributed by atoms with Crippen molar-refractivity contribution in [2.24, 2.45) is 0 Å². The Labute approximate surface area is 154 Å². The van der Waals surface area contributed by atoms with Gasteiger partial charge in [0.15, 0.2) is 6.10 Å². The minimum Gasteiger partial charge on any atom is -0.481 e. The Morgan fingerprint density at radius 3 is 2.64 bits per heavy atom. The van der Waals surface area contributed by atoms with Gasteiger partial charge in [0.05, 0.1) is 0 Å². The second kappa shape index (κ2) is 7.92. The second-order valence-corrected chi connectivity index (χ2v) is 7.04. The fourth-order valence-electron chi connectivity index (χ4n) is 3.25. The number of benzene rings is 2. The predicted molar refractivity (Wildman–Crippen MR) is 103 cm³/mol. The number of ether oxygens (including phenoxy) is 1. The molecule has 2 aromatic carbocycles. The molecule has 1 N–H and O–H groups in total. The van der Waals surface area contributed by atoms with E-state index < -0.39 is 6.10 Å². The average Bonchev–Trinajstić information content (AvgIpc) is 2.61. The molecule has 2 aromatic rings. The van der Waals surface area contributed by atoms with E-state index in [0.29, 0.717) is 11.4 Å². The zero-order chi connectivity index (χ0) is 17.8. The maximum atomic E-state index is 12.6. The summed E-state index contributed by atoms with van der Waals surface area (Å²) in [5.74, 6) is 0.640. The van der Waals surface area contributed by atoms with E-state index in [1.807, 2.05) is 32.0 Å². The van der Waals surface area contributed by atoms with Crippen LogP contribution in [0.2, 0.25) is 5.02 Å². The third kappa shape index (κ3) is 4.35. The van der Waals surface area contributed by atoms with E-state index in [4.69, 9.17) is 16.3 Å². The van der Waals surface area contributed by atoms with Crippen molar-refractivity contribution < 1.29 is 9.53 Å². The van der Waals surface area contributed by atoms with E-state index in [2.05, 4.69) is 17.4 Å². The van der Waals surface area contributed by atoms with Crippen LogP contribution >= 0.6 is 11.6 Å². The molecule has 3 rings (SSSR count). The maximum Gasteiger partial charge on any atom is 0.265 e. The number of anilines is 1. The van der Waals surface area contributed by atoms with Crippen LogP contribution in [0.5, 0.6) is 5.75 Å². The van der Waals surface area contributed by atoms with Crippen molar-refractivity contribution >= 4 is 23.2 Å². The minimum absolute atomic E-state index is 0.134. The number of fused-ring (bicyclic) bond motifs is 1. The zero-order valence-corrected chi connectivity index (χ0v) is 15.5. The number of carbonyl (C=O) groups is 1. The number of nitrogens with one attached hydrogen (secondary N) is 1. The topological polar surface area (TPSA) is 38.3 Å². The molecule has 3 nitrogen and oxygen atoms in total. The lowest BCUT2D eigenvalue weighted by molar-refractivity contribution is -0.122. The highest BCUT2D eigenvalue weighted by Gasteiger charge is 2.20. The lowest BCUT2D eigenvalue weighted by atomic mass is 9.92. The molecule has 1 amide bonds. The van der Waals surface area contributed by atoms with Gasteiger partial charge in [0.2, 0.25) is 0 Å². The molecule has 1 aliphatic carbocycles. The molecule has 0 unspecified atom stereocenters. The Morgan fingerprint density at radius 2 is 1.92 bits per heavy atom. The molecular formula is C21H24ClNO2. The molecule has 1 aliphatic rings. The Morgan fingerprint density at radius 1 is 1.16 bits per heavy atom. The third-order valence-corrected chi connectivity index (χ3v) is 4.94. The summed E-state index contributed by atoms with van der Waals surface area (Å²) >= 11 is 5.97. The number of carbonyl (C=O) groups excluding carboxylic acids is 1. The summed E-state index contributed by atoms with van der Waals surface area (Å²) in [5, 5.41) is 3.61. The van der Waals surface area contributed by atoms with Crippen LogP contribution in [-0.4, -0.2) is 12.0 Å². The van der Waals surface area contributed by atoms with Crippen LogP contribution in [0.1, 0.15) is 42.9 Å². The molecule has 0 saturated heterocycles. The first-order chi connectivity index (χ1) is 12.1. The van der Waals surface area contributed by atoms with Crippen molar-refractivity contribution in [3.8, 4) is 5.75 Å². The fraction of sp³-hybridized carbons (Fsp3) is 0.381. The Bertz CT molecular complexity index is 772. The van der Waals surface area contributed by atoms with Gasteiger partial charge in [-0.2, -0.15) is 0 Å². The van der Waals surface area contributed by atoms with Crippen LogP contribution in [-0.2, 0) is 17.6 Å². The van der Waals surface area contributed by atoms with Crippen molar-refractivity contribution in [1.82, 2.24) is 0 Å². The Kier molecular flexibility index (Phi) is 5.64. The molecule has 0 heterocycles. The van der Waals surface area contributed by atoms with Crippen LogP contribution in [0.25, 0.3) is 0 Å². The normalized spacial score (nSPS) is 14.5. The van der Waals surface area contributed by atoms with Gasteiger partial charge in [0.1, 0.15) is 5.75 Å². The van der Waals surface area contributed by atoms with Gasteiger partial charge < -0.3 is 10.1 Å². The van der Waals surface area contributed by atoms with Gasteiger partial charge in [0, 0.05) is 10.7 Å². The van der Waals surface area contributed by atoms with Gasteiger partial charge in [-0.25, -0.2) is 0 Å². The molecule has 0 spiro atoms. The number of hydrogen-bond donors (Lipinski definition) is 1. The van der Waals surface area contributed by atoms with Crippen LogP contribution in [0.4, 0.5) is 5.69 Å². The molecule has 0 aliphatic heterocycles. The van der Waals surface area contributed by atoms with E-state index in [1.54, 1.807) is 6.07 Å². The summed E-state index contributed by atoms with van der Waals surface area (Å²) in [4.78, 5) is 12.6. The standard InChI is InChI=1S/C21H24ClNO2/c1-3-20(21(24)23-19-11-9-17(22)12-14(19)2)25-18-10-8-15-6-4-5-7-16(15)13-18/h8-13,20H,3-7H2,1-2H3,(H,23,24)/t20-/m1/s1. The van der Waals surface area contributed by atoms with Gasteiger partial charge >= 0.3 is 0 Å². The predicted octanol–water partition coefficient (Wildman–Crippen LogP) is 5.32. The highest BCUT2D eigenvalue weighted by molar-refractivity contribution is 6.30. The van der Waals surface area contributed by atoms with Crippen molar-refractivity contribution in [3.63, 3.8) is 0 Å². The summed E-state index contributed by atoms with van der Waals surface area (Å²) < 4.78 is 5.99. The number of hydrogen-bond acceptors (Lipinski definition) is 2. The zero-order valence-electron chi connectivity index (χ0n) is 14.8. The van der Waals surface area contributed by atoms with Gasteiger partial charge in [-0.1, -0.05) is 24.6 Å². The summed E-state index contributed by atoms with van der Waals surface area (Å²) in [6.45, 7) is 3.88. The lowest BCUT2D eigenvalue weighted by Crippen LogP contribution is -2.32. The summed E-state index contributed by atoms with van der Waals surface area (Å²) in [5.41, 5.74) is 4.46. The van der Waals surface area contributed by atoms with Crippen molar-refractivity contribution in [2.75, 3.05) is 5.32 Å². The Hall–Kier alpha value is -2.00. The highest BCUT2D eigenvalue weighted by atomic mass is 35.5. The molecule has 132 valence electrons. The molecular weight excluding hydrogens is 334 g/mol. The molecule has 0 aromatic heterocycles. The summed E-state index contributed by atoms with van der Waals surface area (Å²) in [6, 6.07) is 11.6. The van der Waals surface area contributed by atoms with Gasteiger partial charge in [-0.15, -0.1) is 0 Å². The largest absolute Gasteiger partial charge is 0.481 e. The van der Waals surface area contributed by atoms with Crippen LogP contribution in [0.3, 0.4) is 0 Å². The highest BCUT2D eigenvalue weighted by Crippen LogP contribution is 2.26. The SMILES string of the molecule is CC[C@@H](Oc1ccc2c(c1)CCCC2)C(=O)Nc1ccc(Cl)cc1C. The van der Waals surface area contributed by atoms with E-state index in [0.717, 1.165) is 29.8 Å². The molecule has 0 radical (unpaired) electrons. The quantitative estimate of drug-likeness (QED) is 0.786. The third-order valence-electron chi connectivity index (χ3n) is 4.71. The molecule has 25 heavy (non-hydrogen) atoms. The monoisotopic (exact) mass is 357 g/mol. The fourth-order valence-corrected chi connectivity index (χ4v) is 3.48. The van der Waals surface area contributed by atoms with Gasteiger partial charge in [0.25, 0.3) is 5.91 Å². The first-order valence-electron chi connectivity index (χ1n) is 8.92. The molecule has 1 atom stereocenters. The van der Waals surface area contributed by atoms with E-state index in [-0.39, 0.29) is 5.91 Å². The molecule has 4 heteroatoms. The first kappa shape index (κ1) is 17.8. The van der Waals surface area contributed by atoms with Crippen LogP contribution in [0, 0.1) is 6.92 Å². The maximum absolute atomic E-state index is 12.6. The van der Waals surface area contributed by atoms with Crippen LogP contribution < -0.4 is 10.1 Å². The number of halogens is 1. The number of amides is 1. The first-order valence-corrected chi connectivity index (χ1v) is 9.30. The minimum atomic E-state index is -0.517. The average molecular weight is 358 g/mol. The molecule has 0 fully saturated rings. The molecule has 0 bridgehead atoms. The summed E-state index contributed by atoms with van der Waals surface area (Å²) in [6.07, 6.45) is 4.81. The van der Waals surface area contributed by atoms with E-state index in [9.17, 15) is 4.79 Å².